The Kier molecular flexibility index (Phi) is 7.12. The smallest absolute Gasteiger partial charge is 0.224 e. The van der Waals surface area contributed by atoms with Gasteiger partial charge in [-0.1, -0.05) is 6.08 Å². The minimum atomic E-state index is -2.99. The highest BCUT2D eigenvalue weighted by molar-refractivity contribution is 7.91. The summed E-state index contributed by atoms with van der Waals surface area (Å²) in [5, 5.41) is 3.24. The van der Waals surface area contributed by atoms with E-state index in [0.29, 0.717) is 32.6 Å². The Morgan fingerprint density at radius 1 is 1.48 bits per heavy atom. The third kappa shape index (κ3) is 5.25. The standard InChI is InChI=1S/C13H22N2O4S.ClH/c1-2-5-15(12-3-7-20(17,18)10-12)13(16)8-11-9-19-6-4-14-11;/h2,11-12,14H,1,3-10H2;1H. The van der Waals surface area contributed by atoms with Crippen molar-refractivity contribution in [3.05, 3.63) is 12.7 Å². The maximum absolute atomic E-state index is 12.4. The van der Waals surface area contributed by atoms with Gasteiger partial charge in [0.15, 0.2) is 9.84 Å². The van der Waals surface area contributed by atoms with Crippen LogP contribution in [0.5, 0.6) is 0 Å². The second-order valence-corrected chi connectivity index (χ2v) is 7.55. The van der Waals surface area contributed by atoms with Gasteiger partial charge < -0.3 is 15.0 Å². The zero-order valence-electron chi connectivity index (χ0n) is 12.0. The van der Waals surface area contributed by atoms with Gasteiger partial charge in [-0.2, -0.15) is 0 Å². The molecule has 0 saturated carbocycles. The molecule has 2 heterocycles. The molecule has 8 heteroatoms. The molecule has 1 amide bonds. The first kappa shape index (κ1) is 18.4. The Bertz CT molecular complexity index is 463. The van der Waals surface area contributed by atoms with E-state index in [9.17, 15) is 13.2 Å². The van der Waals surface area contributed by atoms with Crippen molar-refractivity contribution < 1.29 is 17.9 Å². The lowest BCUT2D eigenvalue weighted by Crippen LogP contribution is -2.47. The van der Waals surface area contributed by atoms with Crippen molar-refractivity contribution in [3.8, 4) is 0 Å². The number of morpholine rings is 1. The van der Waals surface area contributed by atoms with Gasteiger partial charge in [-0.3, -0.25) is 4.79 Å². The van der Waals surface area contributed by atoms with Gasteiger partial charge in [-0.15, -0.1) is 19.0 Å². The highest BCUT2D eigenvalue weighted by Crippen LogP contribution is 2.19. The maximum Gasteiger partial charge on any atom is 0.224 e. The van der Waals surface area contributed by atoms with E-state index in [4.69, 9.17) is 4.74 Å². The van der Waals surface area contributed by atoms with Gasteiger partial charge in [-0.05, 0) is 6.42 Å². The SMILES string of the molecule is C=CCN(C(=O)CC1COCCN1)C1CCS(=O)(=O)C1.Cl. The molecule has 6 nitrogen and oxygen atoms in total. The van der Waals surface area contributed by atoms with Crippen LogP contribution in [-0.4, -0.2) is 69.1 Å². The molecule has 2 fully saturated rings. The molecule has 0 bridgehead atoms. The number of hydrogen-bond donors (Lipinski definition) is 1. The molecule has 2 aliphatic heterocycles. The van der Waals surface area contributed by atoms with E-state index in [-0.39, 0.29) is 41.9 Å². The van der Waals surface area contributed by atoms with Crippen molar-refractivity contribution in [1.29, 1.82) is 0 Å². The van der Waals surface area contributed by atoms with Crippen molar-refractivity contribution >= 4 is 28.2 Å². The Labute approximate surface area is 132 Å². The Morgan fingerprint density at radius 2 is 2.24 bits per heavy atom. The molecule has 0 aromatic carbocycles. The van der Waals surface area contributed by atoms with E-state index in [1.54, 1.807) is 11.0 Å². The van der Waals surface area contributed by atoms with Crippen LogP contribution in [0, 0.1) is 0 Å². The lowest BCUT2D eigenvalue weighted by Gasteiger charge is -2.30. The van der Waals surface area contributed by atoms with Gasteiger partial charge >= 0.3 is 0 Å². The number of rotatable bonds is 5. The number of halogens is 1. The molecule has 2 aliphatic rings. The molecular weight excluding hydrogens is 316 g/mol. The fourth-order valence-corrected chi connectivity index (χ4v) is 4.42. The molecule has 0 radical (unpaired) electrons. The minimum absolute atomic E-state index is 0. The predicted molar refractivity (Wildman–Crippen MR) is 83.4 cm³/mol. The normalized spacial score (nSPS) is 27.6. The largest absolute Gasteiger partial charge is 0.378 e. The topological polar surface area (TPSA) is 75.7 Å². The fourth-order valence-electron chi connectivity index (χ4n) is 2.69. The van der Waals surface area contributed by atoms with E-state index >= 15 is 0 Å². The average Bonchev–Trinajstić information content (AvgIpc) is 2.77. The maximum atomic E-state index is 12.4. The number of ether oxygens (including phenoxy) is 1. The van der Waals surface area contributed by atoms with Crippen LogP contribution in [-0.2, 0) is 19.4 Å². The van der Waals surface area contributed by atoms with Gasteiger partial charge in [0.2, 0.25) is 5.91 Å². The summed E-state index contributed by atoms with van der Waals surface area (Å²) in [6, 6.07) is -0.198. The fraction of sp³-hybridized carbons (Fsp3) is 0.769. The number of nitrogens with one attached hydrogen (secondary N) is 1. The first-order valence-corrected chi connectivity index (χ1v) is 8.76. The van der Waals surface area contributed by atoms with Gasteiger partial charge in [0, 0.05) is 31.6 Å². The zero-order chi connectivity index (χ0) is 14.6. The summed E-state index contributed by atoms with van der Waals surface area (Å²) >= 11 is 0. The summed E-state index contributed by atoms with van der Waals surface area (Å²) < 4.78 is 28.5. The van der Waals surface area contributed by atoms with Gasteiger partial charge in [0.05, 0.1) is 24.7 Å². The highest BCUT2D eigenvalue weighted by Gasteiger charge is 2.34. The average molecular weight is 339 g/mol. The third-order valence-electron chi connectivity index (χ3n) is 3.71. The number of nitrogens with zero attached hydrogens (tertiary/aromatic N) is 1. The summed E-state index contributed by atoms with van der Waals surface area (Å²) in [6.45, 7) is 5.99. The van der Waals surface area contributed by atoms with Crippen molar-refractivity contribution in [2.45, 2.75) is 24.9 Å². The summed E-state index contributed by atoms with van der Waals surface area (Å²) in [6.07, 6.45) is 2.51. The lowest BCUT2D eigenvalue weighted by atomic mass is 10.1. The monoisotopic (exact) mass is 338 g/mol. The van der Waals surface area contributed by atoms with E-state index in [2.05, 4.69) is 11.9 Å². The molecule has 0 spiro atoms. The molecule has 1 N–H and O–H groups in total. The molecule has 2 atom stereocenters. The van der Waals surface area contributed by atoms with E-state index in [1.165, 1.54) is 0 Å². The summed E-state index contributed by atoms with van der Waals surface area (Å²) in [5.41, 5.74) is 0. The molecule has 0 aromatic heterocycles. The molecular formula is C13H23ClN2O4S. The van der Waals surface area contributed by atoms with Gasteiger partial charge in [0.25, 0.3) is 0 Å². The molecule has 2 saturated heterocycles. The molecule has 0 aliphatic carbocycles. The second kappa shape index (κ2) is 8.12. The van der Waals surface area contributed by atoms with E-state index in [0.717, 1.165) is 6.54 Å². The van der Waals surface area contributed by atoms with Crippen LogP contribution in [0.2, 0.25) is 0 Å². The molecule has 21 heavy (non-hydrogen) atoms. The first-order chi connectivity index (χ1) is 9.52. The van der Waals surface area contributed by atoms with Crippen LogP contribution in [0.1, 0.15) is 12.8 Å². The molecule has 122 valence electrons. The molecule has 0 aromatic rings. The van der Waals surface area contributed by atoms with Crippen LogP contribution in [0.3, 0.4) is 0 Å². The third-order valence-corrected chi connectivity index (χ3v) is 5.47. The summed E-state index contributed by atoms with van der Waals surface area (Å²) in [4.78, 5) is 14.0. The van der Waals surface area contributed by atoms with E-state index < -0.39 is 9.84 Å². The van der Waals surface area contributed by atoms with Crippen molar-refractivity contribution in [2.24, 2.45) is 0 Å². The van der Waals surface area contributed by atoms with Crippen molar-refractivity contribution in [2.75, 3.05) is 37.8 Å². The van der Waals surface area contributed by atoms with Crippen LogP contribution >= 0.6 is 12.4 Å². The van der Waals surface area contributed by atoms with Crippen LogP contribution in [0.25, 0.3) is 0 Å². The van der Waals surface area contributed by atoms with E-state index in [1.807, 2.05) is 0 Å². The van der Waals surface area contributed by atoms with Crippen LogP contribution in [0.4, 0.5) is 0 Å². The van der Waals surface area contributed by atoms with Crippen molar-refractivity contribution in [3.63, 3.8) is 0 Å². The van der Waals surface area contributed by atoms with Crippen molar-refractivity contribution in [1.82, 2.24) is 10.2 Å². The van der Waals surface area contributed by atoms with Gasteiger partial charge in [0.1, 0.15) is 0 Å². The zero-order valence-corrected chi connectivity index (χ0v) is 13.6. The first-order valence-electron chi connectivity index (χ1n) is 6.94. The highest BCUT2D eigenvalue weighted by atomic mass is 35.5. The van der Waals surface area contributed by atoms with Gasteiger partial charge in [-0.25, -0.2) is 8.42 Å². The second-order valence-electron chi connectivity index (χ2n) is 5.32. The predicted octanol–water partition coefficient (Wildman–Crippen LogP) is -0.0116. The van der Waals surface area contributed by atoms with Crippen LogP contribution < -0.4 is 5.32 Å². The number of hydrogen-bond acceptors (Lipinski definition) is 5. The van der Waals surface area contributed by atoms with Crippen LogP contribution in [0.15, 0.2) is 12.7 Å². The Hall–Kier alpha value is -0.630. The number of carbonyl (C=O) groups is 1. The molecule has 2 rings (SSSR count). The Balaban J connectivity index is 0.00000220. The number of sulfone groups is 1. The number of carbonyl (C=O) groups excluding carboxylic acids is 1. The Morgan fingerprint density at radius 3 is 2.76 bits per heavy atom. The summed E-state index contributed by atoms with van der Waals surface area (Å²) in [7, 11) is -2.99. The number of amides is 1. The quantitative estimate of drug-likeness (QED) is 0.713. The minimum Gasteiger partial charge on any atom is -0.378 e. The summed E-state index contributed by atoms with van der Waals surface area (Å²) in [5.74, 6) is 0.208. The lowest BCUT2D eigenvalue weighted by molar-refractivity contribution is -0.133. The molecule has 2 unspecified atom stereocenters.